The number of fused-ring (bicyclic) bond motifs is 1. The summed E-state index contributed by atoms with van der Waals surface area (Å²) in [6.45, 7) is 8.40. The van der Waals surface area contributed by atoms with E-state index in [1.807, 2.05) is 55.9 Å². The Kier molecular flexibility index (Phi) is 8.58. The van der Waals surface area contributed by atoms with E-state index in [0.717, 1.165) is 34.5 Å². The van der Waals surface area contributed by atoms with E-state index in [1.165, 1.54) is 12.1 Å². The number of anilines is 1. The minimum atomic E-state index is -3.78. The van der Waals surface area contributed by atoms with Crippen molar-refractivity contribution in [3.05, 3.63) is 113 Å². The first-order valence-corrected chi connectivity index (χ1v) is 16.1. The Labute approximate surface area is 253 Å². The van der Waals surface area contributed by atoms with E-state index in [9.17, 15) is 17.6 Å². The Balaban J connectivity index is 1.51. The maximum atomic E-state index is 14.0. The summed E-state index contributed by atoms with van der Waals surface area (Å²) in [5.41, 5.74) is 4.19. The molecular weight excluding hydrogens is 563 g/mol. The van der Waals surface area contributed by atoms with E-state index in [4.69, 9.17) is 0 Å². The molecule has 1 heterocycles. The summed E-state index contributed by atoms with van der Waals surface area (Å²) < 4.78 is 45.3. The number of imidazole rings is 1. The number of hydrogen-bond acceptors (Lipinski definition) is 4. The average Bonchev–Trinajstić information content (AvgIpc) is 3.37. The van der Waals surface area contributed by atoms with Crippen molar-refractivity contribution in [3.8, 4) is 0 Å². The standard InChI is InChI=1S/C34H39FN4O3S/c1-23-7-6-8-28(19-23)43(41,42)37-31-15-16-34(3,4)30-14-13-27(21-29(30)31)39(22-32-36-17-18-38(32)5)33(40)20-24(2)25-9-11-26(35)12-10-25/h6-14,17-19,21,24,31,37H,15-16,20,22H2,1-5H3/t24-,31+/m1/s1. The van der Waals surface area contributed by atoms with Crippen molar-refractivity contribution in [1.29, 1.82) is 0 Å². The van der Waals surface area contributed by atoms with Gasteiger partial charge in [-0.2, -0.15) is 0 Å². The predicted molar refractivity (Wildman–Crippen MR) is 167 cm³/mol. The van der Waals surface area contributed by atoms with Gasteiger partial charge < -0.3 is 9.47 Å². The molecule has 1 aliphatic carbocycles. The molecule has 1 amide bonds. The van der Waals surface area contributed by atoms with Crippen molar-refractivity contribution in [2.24, 2.45) is 7.05 Å². The molecule has 0 saturated carbocycles. The van der Waals surface area contributed by atoms with Gasteiger partial charge >= 0.3 is 0 Å². The van der Waals surface area contributed by atoms with E-state index in [2.05, 4.69) is 23.6 Å². The van der Waals surface area contributed by atoms with Gasteiger partial charge in [-0.25, -0.2) is 22.5 Å². The number of halogens is 1. The van der Waals surface area contributed by atoms with Gasteiger partial charge in [0.1, 0.15) is 11.6 Å². The maximum Gasteiger partial charge on any atom is 0.241 e. The van der Waals surface area contributed by atoms with E-state index in [-0.39, 0.29) is 40.9 Å². The number of nitrogens with one attached hydrogen (secondary N) is 1. The molecular formula is C34H39FN4O3S. The fraction of sp³-hybridized carbons (Fsp3) is 0.353. The fourth-order valence-electron chi connectivity index (χ4n) is 5.87. The van der Waals surface area contributed by atoms with E-state index in [1.54, 1.807) is 41.4 Å². The molecule has 1 aliphatic rings. The van der Waals surface area contributed by atoms with Crippen LogP contribution in [0, 0.1) is 12.7 Å². The molecule has 2 atom stereocenters. The number of carbonyl (C=O) groups is 1. The Morgan fingerprint density at radius 2 is 1.88 bits per heavy atom. The number of rotatable bonds is 9. The smallest absolute Gasteiger partial charge is 0.241 e. The van der Waals surface area contributed by atoms with E-state index in [0.29, 0.717) is 12.1 Å². The van der Waals surface area contributed by atoms with Crippen LogP contribution in [0.1, 0.15) is 80.1 Å². The lowest BCUT2D eigenvalue weighted by Crippen LogP contribution is -2.37. The molecule has 0 radical (unpaired) electrons. The third-order valence-corrected chi connectivity index (χ3v) is 10.0. The molecule has 5 rings (SSSR count). The van der Waals surface area contributed by atoms with Gasteiger partial charge in [0.2, 0.25) is 15.9 Å². The molecule has 0 spiro atoms. The largest absolute Gasteiger partial charge is 0.337 e. The number of sulfonamides is 1. The van der Waals surface area contributed by atoms with Gasteiger partial charge in [-0.15, -0.1) is 0 Å². The second-order valence-electron chi connectivity index (χ2n) is 12.3. The van der Waals surface area contributed by atoms with Crippen molar-refractivity contribution >= 4 is 21.6 Å². The van der Waals surface area contributed by atoms with Crippen LogP contribution in [0.3, 0.4) is 0 Å². The lowest BCUT2D eigenvalue weighted by Gasteiger charge is -2.38. The van der Waals surface area contributed by atoms with Gasteiger partial charge in [-0.05, 0) is 89.8 Å². The lowest BCUT2D eigenvalue weighted by atomic mass is 9.71. The number of aromatic nitrogens is 2. The highest BCUT2D eigenvalue weighted by Crippen LogP contribution is 2.43. The minimum absolute atomic E-state index is 0.105. The number of nitrogens with zero attached hydrogens (tertiary/aromatic N) is 3. The van der Waals surface area contributed by atoms with Crippen molar-refractivity contribution < 1.29 is 17.6 Å². The summed E-state index contributed by atoms with van der Waals surface area (Å²) in [5, 5.41) is 0. The van der Waals surface area contributed by atoms with Crippen LogP contribution < -0.4 is 9.62 Å². The molecule has 0 aliphatic heterocycles. The van der Waals surface area contributed by atoms with Crippen molar-refractivity contribution in [3.63, 3.8) is 0 Å². The van der Waals surface area contributed by atoms with Crippen LogP contribution in [0.15, 0.2) is 84.0 Å². The van der Waals surface area contributed by atoms with E-state index >= 15 is 0 Å². The first-order chi connectivity index (χ1) is 20.3. The van der Waals surface area contributed by atoms with Crippen LogP contribution in [0.2, 0.25) is 0 Å². The van der Waals surface area contributed by atoms with Crippen LogP contribution in [0.4, 0.5) is 10.1 Å². The monoisotopic (exact) mass is 602 g/mol. The highest BCUT2D eigenvalue weighted by molar-refractivity contribution is 7.89. The van der Waals surface area contributed by atoms with Gasteiger partial charge in [-0.3, -0.25) is 4.79 Å². The second-order valence-corrected chi connectivity index (χ2v) is 14.0. The first-order valence-electron chi connectivity index (χ1n) is 14.6. The Morgan fingerprint density at radius 3 is 2.56 bits per heavy atom. The third-order valence-electron chi connectivity index (χ3n) is 8.55. The summed E-state index contributed by atoms with van der Waals surface area (Å²) in [5.74, 6) is 0.162. The molecule has 3 aromatic carbocycles. The number of benzene rings is 3. The topological polar surface area (TPSA) is 84.3 Å². The van der Waals surface area contributed by atoms with Gasteiger partial charge in [0.05, 0.1) is 11.4 Å². The summed E-state index contributed by atoms with van der Waals surface area (Å²) in [7, 11) is -1.89. The summed E-state index contributed by atoms with van der Waals surface area (Å²) in [6, 6.07) is 18.6. The molecule has 9 heteroatoms. The molecule has 1 N–H and O–H groups in total. The third kappa shape index (κ3) is 6.73. The van der Waals surface area contributed by atoms with Gasteiger partial charge in [0.15, 0.2) is 0 Å². The molecule has 0 bridgehead atoms. The summed E-state index contributed by atoms with van der Waals surface area (Å²) in [4.78, 5) is 20.4. The Hall–Kier alpha value is -3.82. The highest BCUT2D eigenvalue weighted by Gasteiger charge is 2.36. The van der Waals surface area contributed by atoms with Crippen LogP contribution in [0.5, 0.6) is 0 Å². The Morgan fingerprint density at radius 1 is 1.14 bits per heavy atom. The first kappa shape index (κ1) is 30.6. The predicted octanol–water partition coefficient (Wildman–Crippen LogP) is 6.69. The van der Waals surface area contributed by atoms with Gasteiger partial charge in [0.25, 0.3) is 0 Å². The molecule has 0 unspecified atom stereocenters. The van der Waals surface area contributed by atoms with Crippen molar-refractivity contribution in [2.75, 3.05) is 4.90 Å². The molecule has 4 aromatic rings. The fourth-order valence-corrected chi connectivity index (χ4v) is 7.23. The zero-order chi connectivity index (χ0) is 30.9. The number of hydrogen-bond donors (Lipinski definition) is 1. The van der Waals surface area contributed by atoms with Crippen LogP contribution in [-0.4, -0.2) is 23.9 Å². The quantitative estimate of drug-likeness (QED) is 0.232. The van der Waals surface area contributed by atoms with Crippen molar-refractivity contribution in [2.45, 2.75) is 75.8 Å². The molecule has 0 saturated heterocycles. The molecule has 43 heavy (non-hydrogen) atoms. The molecule has 1 aromatic heterocycles. The zero-order valence-electron chi connectivity index (χ0n) is 25.3. The summed E-state index contributed by atoms with van der Waals surface area (Å²) in [6.07, 6.45) is 5.19. The molecule has 226 valence electrons. The number of aryl methyl sites for hydroxylation is 2. The van der Waals surface area contributed by atoms with Gasteiger partial charge in [-0.1, -0.05) is 51.1 Å². The van der Waals surface area contributed by atoms with Crippen LogP contribution in [0.25, 0.3) is 0 Å². The van der Waals surface area contributed by atoms with Crippen molar-refractivity contribution in [1.82, 2.24) is 14.3 Å². The van der Waals surface area contributed by atoms with E-state index < -0.39 is 16.1 Å². The van der Waals surface area contributed by atoms with Crippen LogP contribution in [-0.2, 0) is 33.8 Å². The number of carbonyl (C=O) groups excluding carboxylic acids is 1. The lowest BCUT2D eigenvalue weighted by molar-refractivity contribution is -0.119. The average molecular weight is 603 g/mol. The Bertz CT molecular complexity index is 1730. The molecule has 7 nitrogen and oxygen atoms in total. The second kappa shape index (κ2) is 12.1. The number of amides is 1. The highest BCUT2D eigenvalue weighted by atomic mass is 32.2. The molecule has 0 fully saturated rings. The normalized spacial score (nSPS) is 16.8. The van der Waals surface area contributed by atoms with Gasteiger partial charge in [0, 0.05) is 37.6 Å². The zero-order valence-corrected chi connectivity index (χ0v) is 26.2. The van der Waals surface area contributed by atoms with Crippen LogP contribution >= 0.6 is 0 Å². The minimum Gasteiger partial charge on any atom is -0.337 e. The SMILES string of the molecule is Cc1cccc(S(=O)(=O)N[C@H]2CCC(C)(C)c3ccc(N(Cc4nccn4C)C(=O)C[C@@H](C)c4ccc(F)cc4)cc32)c1. The maximum absolute atomic E-state index is 14.0. The summed E-state index contributed by atoms with van der Waals surface area (Å²) >= 11 is 0.